The highest BCUT2D eigenvalue weighted by Gasteiger charge is 2.29. The highest BCUT2D eigenvalue weighted by Crippen LogP contribution is 2.25. The molecule has 2 aromatic rings. The molecule has 1 saturated heterocycles. The summed E-state index contributed by atoms with van der Waals surface area (Å²) in [6.45, 7) is 2.92. The maximum Gasteiger partial charge on any atom is 0.360 e. The van der Waals surface area contributed by atoms with E-state index in [-0.39, 0.29) is 18.3 Å². The zero-order valence-electron chi connectivity index (χ0n) is 11.9. The third kappa shape index (κ3) is 2.64. The molecule has 1 fully saturated rings. The molecule has 0 radical (unpaired) electrons. The number of carbonyl (C=O) groups is 1. The lowest BCUT2D eigenvalue weighted by molar-refractivity contribution is 0.0591. The van der Waals surface area contributed by atoms with Crippen molar-refractivity contribution in [3.05, 3.63) is 23.1 Å². The van der Waals surface area contributed by atoms with Crippen molar-refractivity contribution < 1.29 is 14.1 Å². The maximum atomic E-state index is 11.8. The van der Waals surface area contributed by atoms with Crippen LogP contribution in [-0.2, 0) is 11.3 Å². The molecule has 0 saturated carbocycles. The largest absolute Gasteiger partial charge is 0.464 e. The molecule has 0 aromatic carbocycles. The predicted molar refractivity (Wildman–Crippen MR) is 69.5 cm³/mol. The summed E-state index contributed by atoms with van der Waals surface area (Å²) >= 11 is 0. The number of methoxy groups -OCH3 is 1. The van der Waals surface area contributed by atoms with Crippen molar-refractivity contribution in [1.82, 2.24) is 30.5 Å². The lowest BCUT2D eigenvalue weighted by atomic mass is 10.1. The van der Waals surface area contributed by atoms with Gasteiger partial charge in [-0.2, -0.15) is 4.98 Å². The summed E-state index contributed by atoms with van der Waals surface area (Å²) in [4.78, 5) is 16.0. The van der Waals surface area contributed by atoms with Gasteiger partial charge in [0.2, 0.25) is 5.89 Å². The number of ether oxygens (including phenoxy) is 1. The third-order valence-corrected chi connectivity index (χ3v) is 3.40. The maximum absolute atomic E-state index is 11.8. The normalized spacial score (nSPS) is 18.1. The van der Waals surface area contributed by atoms with Crippen LogP contribution >= 0.6 is 0 Å². The van der Waals surface area contributed by atoms with Crippen LogP contribution in [0.25, 0.3) is 0 Å². The van der Waals surface area contributed by atoms with Crippen LogP contribution in [0.1, 0.15) is 46.8 Å². The summed E-state index contributed by atoms with van der Waals surface area (Å²) in [5.41, 5.74) is 0.934. The fourth-order valence-electron chi connectivity index (χ4n) is 2.47. The van der Waals surface area contributed by atoms with E-state index in [9.17, 15) is 4.79 Å². The van der Waals surface area contributed by atoms with E-state index in [2.05, 4.69) is 25.8 Å². The first-order chi connectivity index (χ1) is 10.2. The van der Waals surface area contributed by atoms with E-state index in [0.29, 0.717) is 17.4 Å². The highest BCUT2D eigenvalue weighted by molar-refractivity contribution is 5.88. The standard InChI is InChI=1S/C12H16N6O3/c1-7-14-9(21-16-7)6-18-11(8-4-3-5-13-8)10(15-17-18)12(19)20-2/h8,13H,3-6H2,1-2H3. The third-order valence-electron chi connectivity index (χ3n) is 3.40. The molecule has 2 aromatic heterocycles. The minimum absolute atomic E-state index is 0.0260. The Morgan fingerprint density at radius 3 is 3.05 bits per heavy atom. The second kappa shape index (κ2) is 5.60. The highest BCUT2D eigenvalue weighted by atomic mass is 16.5. The summed E-state index contributed by atoms with van der Waals surface area (Å²) in [6.07, 6.45) is 1.95. The number of rotatable bonds is 4. The van der Waals surface area contributed by atoms with Crippen molar-refractivity contribution >= 4 is 5.97 Å². The Balaban J connectivity index is 1.95. The van der Waals surface area contributed by atoms with Gasteiger partial charge in [-0.1, -0.05) is 10.4 Å². The first-order valence-electron chi connectivity index (χ1n) is 6.73. The second-order valence-electron chi connectivity index (χ2n) is 4.86. The number of esters is 1. The molecule has 3 heterocycles. The van der Waals surface area contributed by atoms with Crippen LogP contribution in [0.2, 0.25) is 0 Å². The first-order valence-corrected chi connectivity index (χ1v) is 6.73. The molecule has 0 bridgehead atoms. The predicted octanol–water partition coefficient (Wildman–Crippen LogP) is 0.229. The molecule has 1 aliphatic rings. The Morgan fingerprint density at radius 1 is 1.57 bits per heavy atom. The van der Waals surface area contributed by atoms with Crippen molar-refractivity contribution in [2.45, 2.75) is 32.4 Å². The summed E-state index contributed by atoms with van der Waals surface area (Å²) in [7, 11) is 1.33. The number of nitrogens with one attached hydrogen (secondary N) is 1. The molecule has 0 aliphatic carbocycles. The van der Waals surface area contributed by atoms with Gasteiger partial charge in [0.25, 0.3) is 0 Å². The molecule has 0 amide bonds. The van der Waals surface area contributed by atoms with Crippen LogP contribution in [-0.4, -0.2) is 44.8 Å². The molecule has 112 valence electrons. The van der Waals surface area contributed by atoms with Gasteiger partial charge in [0.1, 0.15) is 6.54 Å². The topological polar surface area (TPSA) is 108 Å². The molecule has 1 atom stereocenters. The van der Waals surface area contributed by atoms with E-state index in [0.717, 1.165) is 19.4 Å². The van der Waals surface area contributed by atoms with Gasteiger partial charge in [0.05, 0.1) is 18.8 Å². The SMILES string of the molecule is COC(=O)c1nnn(Cc2nc(C)no2)c1C1CCCN1. The summed E-state index contributed by atoms with van der Waals surface area (Å²) in [5.74, 6) is 0.485. The molecule has 1 unspecified atom stereocenters. The number of hydrogen-bond donors (Lipinski definition) is 1. The molecule has 1 N–H and O–H groups in total. The van der Waals surface area contributed by atoms with E-state index in [4.69, 9.17) is 9.26 Å². The lowest BCUT2D eigenvalue weighted by Gasteiger charge is -2.12. The Morgan fingerprint density at radius 2 is 2.43 bits per heavy atom. The summed E-state index contributed by atoms with van der Waals surface area (Å²) in [5, 5.41) is 15.1. The summed E-state index contributed by atoms with van der Waals surface area (Å²) < 4.78 is 11.5. The minimum Gasteiger partial charge on any atom is -0.464 e. The molecule has 0 spiro atoms. The lowest BCUT2D eigenvalue weighted by Crippen LogP contribution is -2.21. The van der Waals surface area contributed by atoms with Gasteiger partial charge in [-0.25, -0.2) is 9.48 Å². The van der Waals surface area contributed by atoms with Gasteiger partial charge in [0.15, 0.2) is 11.5 Å². The number of aromatic nitrogens is 5. The second-order valence-corrected chi connectivity index (χ2v) is 4.86. The van der Waals surface area contributed by atoms with Gasteiger partial charge in [-0.15, -0.1) is 5.10 Å². The molecular formula is C12H16N6O3. The van der Waals surface area contributed by atoms with Crippen molar-refractivity contribution in [3.63, 3.8) is 0 Å². The number of carbonyl (C=O) groups excluding carboxylic acids is 1. The van der Waals surface area contributed by atoms with E-state index < -0.39 is 5.97 Å². The number of nitrogens with zero attached hydrogens (tertiary/aromatic N) is 5. The van der Waals surface area contributed by atoms with E-state index in [1.54, 1.807) is 11.6 Å². The van der Waals surface area contributed by atoms with Crippen molar-refractivity contribution in [1.29, 1.82) is 0 Å². The van der Waals surface area contributed by atoms with Crippen LogP contribution < -0.4 is 5.32 Å². The van der Waals surface area contributed by atoms with E-state index >= 15 is 0 Å². The Hall–Kier alpha value is -2.29. The van der Waals surface area contributed by atoms with Crippen LogP contribution in [0.3, 0.4) is 0 Å². The average Bonchev–Trinajstić information content (AvgIpc) is 3.19. The molecule has 21 heavy (non-hydrogen) atoms. The van der Waals surface area contributed by atoms with Crippen molar-refractivity contribution in [2.24, 2.45) is 0 Å². The zero-order chi connectivity index (χ0) is 14.8. The molecule has 3 rings (SSSR count). The smallest absolute Gasteiger partial charge is 0.360 e. The first kappa shape index (κ1) is 13.7. The molecular weight excluding hydrogens is 276 g/mol. The van der Waals surface area contributed by atoms with Gasteiger partial charge in [-0.3, -0.25) is 0 Å². The van der Waals surface area contributed by atoms with Crippen LogP contribution in [0.4, 0.5) is 0 Å². The number of aryl methyl sites for hydroxylation is 1. The van der Waals surface area contributed by atoms with Gasteiger partial charge >= 0.3 is 5.97 Å². The van der Waals surface area contributed by atoms with Crippen LogP contribution in [0, 0.1) is 6.92 Å². The van der Waals surface area contributed by atoms with Crippen molar-refractivity contribution in [2.75, 3.05) is 13.7 Å². The Bertz CT molecular complexity index is 643. The van der Waals surface area contributed by atoms with Gasteiger partial charge in [-0.05, 0) is 26.3 Å². The monoisotopic (exact) mass is 292 g/mol. The molecule has 9 nitrogen and oxygen atoms in total. The van der Waals surface area contributed by atoms with Crippen LogP contribution in [0.15, 0.2) is 4.52 Å². The average molecular weight is 292 g/mol. The zero-order valence-corrected chi connectivity index (χ0v) is 11.9. The quantitative estimate of drug-likeness (QED) is 0.798. The molecule has 1 aliphatic heterocycles. The van der Waals surface area contributed by atoms with E-state index in [1.165, 1.54) is 7.11 Å². The van der Waals surface area contributed by atoms with Crippen LogP contribution in [0.5, 0.6) is 0 Å². The Kier molecular flexibility index (Phi) is 3.65. The van der Waals surface area contributed by atoms with Crippen molar-refractivity contribution in [3.8, 4) is 0 Å². The fraction of sp³-hybridized carbons (Fsp3) is 0.583. The Labute approximate surface area is 120 Å². The van der Waals surface area contributed by atoms with E-state index in [1.807, 2.05) is 0 Å². The number of hydrogen-bond acceptors (Lipinski definition) is 8. The van der Waals surface area contributed by atoms with Gasteiger partial charge < -0.3 is 14.6 Å². The fourth-order valence-corrected chi connectivity index (χ4v) is 2.47. The summed E-state index contributed by atoms with van der Waals surface area (Å²) in [6, 6.07) is 0.0260. The van der Waals surface area contributed by atoms with Gasteiger partial charge in [0, 0.05) is 0 Å². The minimum atomic E-state index is -0.494. The molecule has 9 heteroatoms.